The summed E-state index contributed by atoms with van der Waals surface area (Å²) >= 11 is 5.84. The zero-order valence-corrected chi connectivity index (χ0v) is 12.4. The van der Waals surface area contributed by atoms with Gasteiger partial charge in [0.05, 0.1) is 5.02 Å². The topological polar surface area (TPSA) is 85.1 Å². The average Bonchev–Trinajstić information content (AvgIpc) is 2.81. The van der Waals surface area contributed by atoms with Crippen molar-refractivity contribution in [3.63, 3.8) is 0 Å². The van der Waals surface area contributed by atoms with Crippen molar-refractivity contribution in [1.29, 1.82) is 0 Å². The fourth-order valence-electron chi connectivity index (χ4n) is 4.31. The van der Waals surface area contributed by atoms with Gasteiger partial charge in [-0.1, -0.05) is 11.6 Å². The Kier molecular flexibility index (Phi) is 2.63. The molecule has 3 aliphatic carbocycles. The SMILES string of the molecule is Nc1ncc(S(=O)(=O)NC2C3C4CCC(C4)C23)cc1Cl. The standard InChI is InChI=1S/C13H16ClN3O2S/c14-9-4-8(5-16-13(9)15)20(18,19)17-12-10-6-1-2-7(3-6)11(10)12/h4-7,10-12,17H,1-3H2,(H2,15,16). The first kappa shape index (κ1) is 12.9. The van der Waals surface area contributed by atoms with Crippen molar-refractivity contribution in [3.8, 4) is 0 Å². The van der Waals surface area contributed by atoms with Gasteiger partial charge in [-0.15, -0.1) is 0 Å². The summed E-state index contributed by atoms with van der Waals surface area (Å²) in [4.78, 5) is 3.91. The van der Waals surface area contributed by atoms with E-state index in [0.29, 0.717) is 11.8 Å². The summed E-state index contributed by atoms with van der Waals surface area (Å²) in [7, 11) is -3.55. The average molecular weight is 314 g/mol. The normalized spacial score (nSPS) is 38.0. The third-order valence-corrected chi connectivity index (χ3v) is 6.91. The van der Waals surface area contributed by atoms with Crippen molar-refractivity contribution in [2.75, 3.05) is 5.73 Å². The highest BCUT2D eigenvalue weighted by molar-refractivity contribution is 7.89. The number of nitrogens with two attached hydrogens (primary N) is 1. The van der Waals surface area contributed by atoms with Crippen LogP contribution in [0.3, 0.4) is 0 Å². The van der Waals surface area contributed by atoms with Gasteiger partial charge in [-0.05, 0) is 49.0 Å². The summed E-state index contributed by atoms with van der Waals surface area (Å²) in [5.74, 6) is 2.71. The molecule has 3 N–H and O–H groups in total. The van der Waals surface area contributed by atoms with Crippen LogP contribution in [0.25, 0.3) is 0 Å². The molecule has 2 bridgehead atoms. The predicted octanol–water partition coefficient (Wildman–Crippen LogP) is 1.64. The van der Waals surface area contributed by atoms with Gasteiger partial charge < -0.3 is 5.73 Å². The number of fused-ring (bicyclic) bond motifs is 5. The van der Waals surface area contributed by atoms with E-state index >= 15 is 0 Å². The molecule has 3 aliphatic rings. The Labute approximate surface area is 123 Å². The van der Waals surface area contributed by atoms with Gasteiger partial charge in [0.25, 0.3) is 0 Å². The summed E-state index contributed by atoms with van der Waals surface area (Å²) < 4.78 is 27.5. The van der Waals surface area contributed by atoms with Gasteiger partial charge in [0, 0.05) is 12.2 Å². The number of pyridine rings is 1. The van der Waals surface area contributed by atoms with Crippen LogP contribution < -0.4 is 10.5 Å². The third-order valence-electron chi connectivity index (χ3n) is 5.18. The molecule has 0 saturated heterocycles. The van der Waals surface area contributed by atoms with Crippen molar-refractivity contribution in [3.05, 3.63) is 17.3 Å². The molecule has 0 amide bonds. The number of hydrogen-bond donors (Lipinski definition) is 2. The molecule has 7 heteroatoms. The Morgan fingerprint density at radius 2 is 1.95 bits per heavy atom. The number of nitrogens with one attached hydrogen (secondary N) is 1. The van der Waals surface area contributed by atoms with Crippen molar-refractivity contribution < 1.29 is 8.42 Å². The molecule has 20 heavy (non-hydrogen) atoms. The highest BCUT2D eigenvalue weighted by atomic mass is 35.5. The van der Waals surface area contributed by atoms with Crippen molar-refractivity contribution in [1.82, 2.24) is 9.71 Å². The molecule has 0 aliphatic heterocycles. The zero-order valence-electron chi connectivity index (χ0n) is 10.8. The van der Waals surface area contributed by atoms with Gasteiger partial charge >= 0.3 is 0 Å². The second-order valence-electron chi connectivity index (χ2n) is 6.17. The Morgan fingerprint density at radius 3 is 2.55 bits per heavy atom. The number of rotatable bonds is 3. The Bertz CT molecular complexity index is 662. The lowest BCUT2D eigenvalue weighted by molar-refractivity contribution is 0.456. The van der Waals surface area contributed by atoms with E-state index in [9.17, 15) is 8.42 Å². The molecule has 3 fully saturated rings. The fourth-order valence-corrected chi connectivity index (χ4v) is 5.81. The van der Waals surface area contributed by atoms with Crippen molar-refractivity contribution >= 4 is 27.4 Å². The maximum absolute atomic E-state index is 12.4. The molecular formula is C13H16ClN3O2S. The van der Waals surface area contributed by atoms with Crippen molar-refractivity contribution in [2.24, 2.45) is 23.7 Å². The lowest BCUT2D eigenvalue weighted by Crippen LogP contribution is -2.30. The number of anilines is 1. The summed E-state index contributed by atoms with van der Waals surface area (Å²) in [5.41, 5.74) is 5.51. The van der Waals surface area contributed by atoms with Crippen LogP contribution in [0.15, 0.2) is 17.2 Å². The monoisotopic (exact) mass is 313 g/mol. The molecule has 1 heterocycles. The van der Waals surface area contributed by atoms with Crippen LogP contribution in [0, 0.1) is 23.7 Å². The van der Waals surface area contributed by atoms with Gasteiger partial charge in [-0.3, -0.25) is 0 Å². The third kappa shape index (κ3) is 1.78. The van der Waals surface area contributed by atoms with Crippen molar-refractivity contribution in [2.45, 2.75) is 30.2 Å². The van der Waals surface area contributed by atoms with Gasteiger partial charge in [0.15, 0.2) is 0 Å². The van der Waals surface area contributed by atoms with Crippen LogP contribution in [-0.2, 0) is 10.0 Å². The van der Waals surface area contributed by atoms with Gasteiger partial charge in [0.2, 0.25) is 10.0 Å². The van der Waals surface area contributed by atoms with Crippen LogP contribution in [0.5, 0.6) is 0 Å². The molecule has 4 rings (SSSR count). The van der Waals surface area contributed by atoms with Crippen LogP contribution in [-0.4, -0.2) is 19.4 Å². The van der Waals surface area contributed by atoms with E-state index in [2.05, 4.69) is 9.71 Å². The van der Waals surface area contributed by atoms with E-state index in [0.717, 1.165) is 11.8 Å². The summed E-state index contributed by atoms with van der Waals surface area (Å²) in [5, 5.41) is 0.170. The maximum atomic E-state index is 12.4. The second-order valence-corrected chi connectivity index (χ2v) is 8.29. The highest BCUT2D eigenvalue weighted by Gasteiger charge is 2.65. The molecule has 1 aromatic rings. The smallest absolute Gasteiger partial charge is 0.242 e. The van der Waals surface area contributed by atoms with Crippen LogP contribution >= 0.6 is 11.6 Å². The molecule has 3 saturated carbocycles. The van der Waals surface area contributed by atoms with E-state index < -0.39 is 10.0 Å². The lowest BCUT2D eigenvalue weighted by atomic mass is 10.0. The van der Waals surface area contributed by atoms with Crippen LogP contribution in [0.2, 0.25) is 5.02 Å². The molecular weight excluding hydrogens is 298 g/mol. The maximum Gasteiger partial charge on any atom is 0.242 e. The van der Waals surface area contributed by atoms with Gasteiger partial charge in [-0.2, -0.15) is 0 Å². The predicted molar refractivity (Wildman–Crippen MR) is 75.6 cm³/mol. The Morgan fingerprint density at radius 1 is 1.30 bits per heavy atom. The molecule has 1 aromatic heterocycles. The molecule has 0 aromatic carbocycles. The number of hydrogen-bond acceptors (Lipinski definition) is 4. The Balaban J connectivity index is 1.55. The quantitative estimate of drug-likeness (QED) is 0.888. The van der Waals surface area contributed by atoms with Crippen LogP contribution in [0.4, 0.5) is 5.82 Å². The molecule has 4 atom stereocenters. The molecule has 5 nitrogen and oxygen atoms in total. The number of aromatic nitrogens is 1. The van der Waals surface area contributed by atoms with E-state index in [1.54, 1.807) is 0 Å². The summed E-state index contributed by atoms with van der Waals surface area (Å²) in [6.07, 6.45) is 5.08. The van der Waals surface area contributed by atoms with Crippen LogP contribution in [0.1, 0.15) is 19.3 Å². The molecule has 108 valence electrons. The first-order valence-corrected chi connectivity index (χ1v) is 8.77. The zero-order chi connectivity index (χ0) is 14.1. The van der Waals surface area contributed by atoms with E-state index in [-0.39, 0.29) is 21.8 Å². The molecule has 4 unspecified atom stereocenters. The second kappa shape index (κ2) is 4.08. The lowest BCUT2D eigenvalue weighted by Gasteiger charge is -2.11. The summed E-state index contributed by atoms with van der Waals surface area (Å²) in [6.45, 7) is 0. The number of nitrogen functional groups attached to an aromatic ring is 1. The van der Waals surface area contributed by atoms with Gasteiger partial charge in [0.1, 0.15) is 10.7 Å². The minimum absolute atomic E-state index is 0.0917. The van der Waals surface area contributed by atoms with E-state index in [1.807, 2.05) is 0 Å². The number of sulfonamides is 1. The van der Waals surface area contributed by atoms with Gasteiger partial charge in [-0.25, -0.2) is 18.1 Å². The minimum atomic E-state index is -3.55. The first-order valence-electron chi connectivity index (χ1n) is 6.91. The first-order chi connectivity index (χ1) is 9.47. The summed E-state index contributed by atoms with van der Waals surface area (Å²) in [6, 6.07) is 1.47. The number of nitrogens with zero attached hydrogens (tertiary/aromatic N) is 1. The number of halogens is 1. The highest BCUT2D eigenvalue weighted by Crippen LogP contribution is 2.65. The Hall–Kier alpha value is -0.850. The van der Waals surface area contributed by atoms with E-state index in [1.165, 1.54) is 31.5 Å². The molecule has 0 spiro atoms. The van der Waals surface area contributed by atoms with E-state index in [4.69, 9.17) is 17.3 Å². The minimum Gasteiger partial charge on any atom is -0.382 e. The largest absolute Gasteiger partial charge is 0.382 e. The fraction of sp³-hybridized carbons (Fsp3) is 0.615. The molecule has 0 radical (unpaired) electrons.